The molecule has 0 saturated carbocycles. The molecule has 0 aliphatic rings. The molecule has 24 heavy (non-hydrogen) atoms. The lowest BCUT2D eigenvalue weighted by atomic mass is 10.0. The molecule has 0 radical (unpaired) electrons. The van der Waals surface area contributed by atoms with E-state index in [0.717, 1.165) is 27.2 Å². The highest BCUT2D eigenvalue weighted by Crippen LogP contribution is 2.19. The van der Waals surface area contributed by atoms with E-state index in [1.807, 2.05) is 77.5 Å². The molecular weight excluding hydrogens is 362 g/mol. The number of carbonyl (C=O) groups is 1. The zero-order valence-corrected chi connectivity index (χ0v) is 14.8. The Labute approximate surface area is 151 Å². The molecule has 3 heteroatoms. The number of pyridine rings is 1. The molecule has 0 atom stereocenters. The standard InChI is InChI=1S/C21H16NO.BrH/c23-21(19-12-5-9-16-7-1-3-11-18(16)19)15-22-14-6-10-17-8-2-4-13-20(17)22;/h1-14H,15H2;1H/q+1;. The van der Waals surface area contributed by atoms with Crippen LogP contribution in [0.4, 0.5) is 0 Å². The number of rotatable bonds is 3. The summed E-state index contributed by atoms with van der Waals surface area (Å²) in [6.07, 6.45) is 1.96. The molecular formula is C21H17BrNO+. The summed E-state index contributed by atoms with van der Waals surface area (Å²) < 4.78 is 2.01. The highest BCUT2D eigenvalue weighted by Gasteiger charge is 2.16. The van der Waals surface area contributed by atoms with Crippen LogP contribution in [0.1, 0.15) is 10.4 Å². The van der Waals surface area contributed by atoms with Gasteiger partial charge in [0.15, 0.2) is 6.20 Å². The topological polar surface area (TPSA) is 20.9 Å². The Hall–Kier alpha value is -2.52. The monoisotopic (exact) mass is 378 g/mol. The van der Waals surface area contributed by atoms with Gasteiger partial charge in [-0.2, -0.15) is 4.57 Å². The van der Waals surface area contributed by atoms with E-state index in [9.17, 15) is 4.79 Å². The molecule has 0 aliphatic heterocycles. The van der Waals surface area contributed by atoms with Crippen LogP contribution < -0.4 is 4.57 Å². The second-order valence-electron chi connectivity index (χ2n) is 5.64. The van der Waals surface area contributed by atoms with Crippen LogP contribution in [-0.2, 0) is 6.54 Å². The van der Waals surface area contributed by atoms with Crippen molar-refractivity contribution in [2.45, 2.75) is 6.54 Å². The smallest absolute Gasteiger partial charge is 0.228 e. The molecule has 1 aromatic heterocycles. The van der Waals surface area contributed by atoms with Gasteiger partial charge in [0.2, 0.25) is 17.8 Å². The molecule has 0 N–H and O–H groups in total. The van der Waals surface area contributed by atoms with Gasteiger partial charge in [0, 0.05) is 23.1 Å². The second kappa shape index (κ2) is 6.93. The minimum Gasteiger partial charge on any atom is -0.287 e. The summed E-state index contributed by atoms with van der Waals surface area (Å²) in [5, 5.41) is 3.25. The summed E-state index contributed by atoms with van der Waals surface area (Å²) in [7, 11) is 0. The van der Waals surface area contributed by atoms with Crippen LogP contribution in [0.3, 0.4) is 0 Å². The Morgan fingerprint density at radius 3 is 2.29 bits per heavy atom. The first kappa shape index (κ1) is 16.3. The highest BCUT2D eigenvalue weighted by molar-refractivity contribution is 8.93. The van der Waals surface area contributed by atoms with E-state index in [1.165, 1.54) is 0 Å². The Morgan fingerprint density at radius 2 is 1.42 bits per heavy atom. The number of halogens is 1. The summed E-state index contributed by atoms with van der Waals surface area (Å²) >= 11 is 0. The number of benzene rings is 3. The van der Waals surface area contributed by atoms with Gasteiger partial charge in [0.25, 0.3) is 0 Å². The van der Waals surface area contributed by atoms with Crippen molar-refractivity contribution in [3.8, 4) is 0 Å². The van der Waals surface area contributed by atoms with Gasteiger partial charge >= 0.3 is 0 Å². The predicted molar refractivity (Wildman–Crippen MR) is 103 cm³/mol. The lowest BCUT2D eigenvalue weighted by Crippen LogP contribution is -2.38. The number of fused-ring (bicyclic) bond motifs is 2. The minimum absolute atomic E-state index is 0. The van der Waals surface area contributed by atoms with E-state index >= 15 is 0 Å². The third-order valence-electron chi connectivity index (χ3n) is 4.19. The van der Waals surface area contributed by atoms with E-state index < -0.39 is 0 Å². The van der Waals surface area contributed by atoms with Gasteiger partial charge in [-0.05, 0) is 22.9 Å². The highest BCUT2D eigenvalue weighted by atomic mass is 79.9. The molecule has 0 bridgehead atoms. The van der Waals surface area contributed by atoms with Gasteiger partial charge in [0.1, 0.15) is 0 Å². The van der Waals surface area contributed by atoms with Gasteiger partial charge in [-0.15, -0.1) is 17.0 Å². The zero-order chi connectivity index (χ0) is 15.6. The molecule has 0 unspecified atom stereocenters. The van der Waals surface area contributed by atoms with Crippen molar-refractivity contribution in [3.05, 3.63) is 90.6 Å². The molecule has 4 aromatic rings. The van der Waals surface area contributed by atoms with E-state index in [0.29, 0.717) is 6.54 Å². The largest absolute Gasteiger partial charge is 0.287 e. The molecule has 0 aliphatic carbocycles. The van der Waals surface area contributed by atoms with Crippen molar-refractivity contribution in [1.82, 2.24) is 0 Å². The van der Waals surface area contributed by atoms with Crippen molar-refractivity contribution in [2.24, 2.45) is 0 Å². The van der Waals surface area contributed by atoms with Crippen LogP contribution in [-0.4, -0.2) is 5.78 Å². The van der Waals surface area contributed by atoms with Crippen LogP contribution in [0.15, 0.2) is 85.1 Å². The fraction of sp³-hybridized carbons (Fsp3) is 0.0476. The maximum Gasteiger partial charge on any atom is 0.228 e. The summed E-state index contributed by atoms with van der Waals surface area (Å²) in [4.78, 5) is 12.9. The number of aromatic nitrogens is 1. The number of hydrogen-bond donors (Lipinski definition) is 0. The van der Waals surface area contributed by atoms with Crippen molar-refractivity contribution < 1.29 is 9.36 Å². The quantitative estimate of drug-likeness (QED) is 0.372. The number of ketones is 1. The van der Waals surface area contributed by atoms with Gasteiger partial charge in [-0.25, -0.2) is 0 Å². The number of nitrogens with zero attached hydrogens (tertiary/aromatic N) is 1. The van der Waals surface area contributed by atoms with Crippen LogP contribution in [0.2, 0.25) is 0 Å². The summed E-state index contributed by atoms with van der Waals surface area (Å²) in [5.41, 5.74) is 1.85. The average Bonchev–Trinajstić information content (AvgIpc) is 2.61. The van der Waals surface area contributed by atoms with Crippen LogP contribution in [0.5, 0.6) is 0 Å². The third-order valence-corrected chi connectivity index (χ3v) is 4.19. The molecule has 4 rings (SSSR count). The molecule has 0 fully saturated rings. The Morgan fingerprint density at radius 1 is 0.750 bits per heavy atom. The summed E-state index contributed by atoms with van der Waals surface area (Å²) in [6.45, 7) is 0.343. The van der Waals surface area contributed by atoms with Crippen LogP contribution in [0, 0.1) is 0 Å². The number of hydrogen-bond acceptors (Lipinski definition) is 1. The maximum atomic E-state index is 12.9. The first-order chi connectivity index (χ1) is 11.3. The fourth-order valence-electron chi connectivity index (χ4n) is 3.07. The lowest BCUT2D eigenvalue weighted by Gasteiger charge is -2.05. The number of Topliss-reactive ketones (excluding diaryl/α,β-unsaturated/α-hetero) is 1. The van der Waals surface area contributed by atoms with E-state index in [4.69, 9.17) is 0 Å². The van der Waals surface area contributed by atoms with Gasteiger partial charge < -0.3 is 0 Å². The van der Waals surface area contributed by atoms with E-state index in [1.54, 1.807) is 0 Å². The maximum absolute atomic E-state index is 12.9. The molecule has 0 saturated heterocycles. The normalized spacial score (nSPS) is 10.5. The van der Waals surface area contributed by atoms with E-state index in [2.05, 4.69) is 12.1 Å². The summed E-state index contributed by atoms with van der Waals surface area (Å²) in [5.74, 6) is 0.128. The van der Waals surface area contributed by atoms with Gasteiger partial charge in [0.05, 0.1) is 0 Å². The van der Waals surface area contributed by atoms with Crippen molar-refractivity contribution in [3.63, 3.8) is 0 Å². The predicted octanol–water partition coefficient (Wildman–Crippen LogP) is 4.74. The minimum atomic E-state index is 0. The van der Waals surface area contributed by atoms with Crippen molar-refractivity contribution in [2.75, 3.05) is 0 Å². The molecule has 0 spiro atoms. The Bertz CT molecular complexity index is 1020. The number of para-hydroxylation sites is 1. The molecule has 0 amide bonds. The lowest BCUT2D eigenvalue weighted by molar-refractivity contribution is -0.657. The zero-order valence-electron chi connectivity index (χ0n) is 13.1. The molecule has 3 aromatic carbocycles. The van der Waals surface area contributed by atoms with Crippen molar-refractivity contribution >= 4 is 44.4 Å². The molecule has 118 valence electrons. The second-order valence-corrected chi connectivity index (χ2v) is 5.64. The first-order valence-electron chi connectivity index (χ1n) is 7.71. The fourth-order valence-corrected chi connectivity index (χ4v) is 3.07. The first-order valence-corrected chi connectivity index (χ1v) is 7.71. The molecule has 2 nitrogen and oxygen atoms in total. The van der Waals surface area contributed by atoms with Gasteiger partial charge in [-0.3, -0.25) is 4.79 Å². The summed E-state index contributed by atoms with van der Waals surface area (Å²) in [6, 6.07) is 26.1. The van der Waals surface area contributed by atoms with Gasteiger partial charge in [-0.1, -0.05) is 54.6 Å². The molecule has 1 heterocycles. The Kier molecular flexibility index (Phi) is 4.72. The number of carbonyl (C=O) groups excluding carboxylic acids is 1. The SMILES string of the molecule is Br.O=C(C[n+]1cccc2ccccc21)c1cccc2ccccc12. The van der Waals surface area contributed by atoms with Crippen molar-refractivity contribution in [1.29, 1.82) is 0 Å². The van der Waals surface area contributed by atoms with Crippen LogP contribution >= 0.6 is 17.0 Å². The van der Waals surface area contributed by atoms with Crippen LogP contribution in [0.25, 0.3) is 21.7 Å². The average molecular weight is 379 g/mol. The Balaban J connectivity index is 0.00000169. The van der Waals surface area contributed by atoms with E-state index in [-0.39, 0.29) is 22.8 Å². The third kappa shape index (κ3) is 2.95.